The van der Waals surface area contributed by atoms with Crippen LogP contribution < -0.4 is 4.57 Å². The van der Waals surface area contributed by atoms with E-state index in [1.807, 2.05) is 48.3 Å². The van der Waals surface area contributed by atoms with Crippen LogP contribution in [0.3, 0.4) is 0 Å². The van der Waals surface area contributed by atoms with Crippen LogP contribution in [0.2, 0.25) is 0 Å². The van der Waals surface area contributed by atoms with E-state index in [2.05, 4.69) is 28.7 Å². The molecule has 2 heterocycles. The lowest BCUT2D eigenvalue weighted by molar-refractivity contribution is -0.671. The first kappa shape index (κ1) is 10.9. The number of nitrogens with zero attached hydrogens (tertiary/aromatic N) is 2. The lowest BCUT2D eigenvalue weighted by Gasteiger charge is -1.85. The quantitative estimate of drug-likeness (QED) is 0.482. The van der Waals surface area contributed by atoms with Crippen molar-refractivity contribution in [2.24, 2.45) is 7.05 Å². The van der Waals surface area contributed by atoms with Gasteiger partial charge in [-0.25, -0.2) is 4.57 Å². The highest BCUT2D eigenvalue weighted by molar-refractivity contribution is 5.42. The van der Waals surface area contributed by atoms with Gasteiger partial charge in [-0.2, -0.15) is 0 Å². The summed E-state index contributed by atoms with van der Waals surface area (Å²) in [6, 6.07) is 7.64. The largest absolute Gasteiger partial charge is 0.265 e. The molecule has 2 heteroatoms. The minimum Gasteiger partial charge on any atom is -0.265 e. The average Bonchev–Trinajstić information content (AvgIpc) is 2.38. The van der Waals surface area contributed by atoms with E-state index in [1.54, 1.807) is 12.4 Å². The van der Waals surface area contributed by atoms with Crippen LogP contribution in [0, 0.1) is 23.7 Å². The van der Waals surface area contributed by atoms with Crippen molar-refractivity contribution in [3.63, 3.8) is 0 Å². The summed E-state index contributed by atoms with van der Waals surface area (Å²) in [4.78, 5) is 3.92. The van der Waals surface area contributed by atoms with Crippen LogP contribution in [-0.4, -0.2) is 4.98 Å². The van der Waals surface area contributed by atoms with Crippen LogP contribution in [0.5, 0.6) is 0 Å². The molecule has 17 heavy (non-hydrogen) atoms. The molecule has 0 unspecified atom stereocenters. The molecule has 0 saturated carbocycles. The van der Waals surface area contributed by atoms with Gasteiger partial charge in [-0.3, -0.25) is 4.98 Å². The van der Waals surface area contributed by atoms with Crippen molar-refractivity contribution in [3.05, 3.63) is 60.2 Å². The summed E-state index contributed by atoms with van der Waals surface area (Å²) < 4.78 is 1.97. The molecule has 2 aromatic heterocycles. The highest BCUT2D eigenvalue weighted by atomic mass is 14.9. The van der Waals surface area contributed by atoms with Gasteiger partial charge in [0.15, 0.2) is 12.4 Å². The fourth-order valence-corrected chi connectivity index (χ4v) is 1.23. The molecule has 0 saturated heterocycles. The fourth-order valence-electron chi connectivity index (χ4n) is 1.23. The zero-order valence-electron chi connectivity index (χ0n) is 9.51. The van der Waals surface area contributed by atoms with Gasteiger partial charge in [0.05, 0.1) is 0 Å². The molecule has 0 N–H and O–H groups in total. The lowest BCUT2D eigenvalue weighted by Crippen LogP contribution is -2.25. The molecule has 0 aliphatic heterocycles. The predicted octanol–water partition coefficient (Wildman–Crippen LogP) is 1.31. The molecule has 0 spiro atoms. The number of hydrogen-bond donors (Lipinski definition) is 0. The Bertz CT molecular complexity index is 605. The van der Waals surface area contributed by atoms with Gasteiger partial charge in [0.2, 0.25) is 0 Å². The Morgan fingerprint density at radius 1 is 0.882 bits per heavy atom. The van der Waals surface area contributed by atoms with E-state index in [1.165, 1.54) is 0 Å². The second kappa shape index (κ2) is 5.49. The zero-order valence-corrected chi connectivity index (χ0v) is 9.51. The molecule has 0 aromatic carbocycles. The minimum atomic E-state index is 0.925. The summed E-state index contributed by atoms with van der Waals surface area (Å²) in [6.45, 7) is 0. The number of hydrogen-bond acceptors (Lipinski definition) is 1. The second-order valence-electron chi connectivity index (χ2n) is 3.49. The van der Waals surface area contributed by atoms with E-state index < -0.39 is 0 Å². The van der Waals surface area contributed by atoms with Crippen LogP contribution >= 0.6 is 0 Å². The third-order valence-corrected chi connectivity index (χ3v) is 2.13. The highest BCUT2D eigenvalue weighted by Crippen LogP contribution is 1.92. The van der Waals surface area contributed by atoms with E-state index in [-0.39, 0.29) is 0 Å². The molecule has 2 nitrogen and oxygen atoms in total. The van der Waals surface area contributed by atoms with E-state index >= 15 is 0 Å². The summed E-state index contributed by atoms with van der Waals surface area (Å²) in [7, 11) is 1.97. The maximum Gasteiger partial charge on any atom is 0.169 e. The van der Waals surface area contributed by atoms with Crippen molar-refractivity contribution < 1.29 is 4.57 Å². The van der Waals surface area contributed by atoms with Gasteiger partial charge in [0, 0.05) is 35.7 Å². The molecule has 0 atom stereocenters. The maximum absolute atomic E-state index is 3.92. The van der Waals surface area contributed by atoms with Gasteiger partial charge in [-0.15, -0.1) is 0 Å². The molecular formula is C15H11N2+. The monoisotopic (exact) mass is 219 g/mol. The fraction of sp³-hybridized carbons (Fsp3) is 0.0667. The van der Waals surface area contributed by atoms with Crippen molar-refractivity contribution in [1.29, 1.82) is 0 Å². The smallest absolute Gasteiger partial charge is 0.169 e. The lowest BCUT2D eigenvalue weighted by atomic mass is 10.2. The standard InChI is InChI=1S/C15H11N2/c1-17-12-8-15(9-13-17)5-3-2-4-14-6-10-16-11-7-14/h6-13H,1H3/q+1. The normalized spacial score (nSPS) is 8.53. The highest BCUT2D eigenvalue weighted by Gasteiger charge is 1.89. The Kier molecular flexibility index (Phi) is 3.53. The van der Waals surface area contributed by atoms with Crippen LogP contribution in [0.4, 0.5) is 0 Å². The number of aryl methyl sites for hydroxylation is 1. The molecule has 0 aliphatic rings. The van der Waals surface area contributed by atoms with Gasteiger partial charge in [-0.1, -0.05) is 11.8 Å². The van der Waals surface area contributed by atoms with Crippen molar-refractivity contribution in [1.82, 2.24) is 4.98 Å². The van der Waals surface area contributed by atoms with E-state index in [0.717, 1.165) is 11.1 Å². The van der Waals surface area contributed by atoms with Crippen molar-refractivity contribution in [2.75, 3.05) is 0 Å². The third kappa shape index (κ3) is 3.48. The zero-order chi connectivity index (χ0) is 11.9. The molecule has 2 aromatic rings. The molecular weight excluding hydrogens is 208 g/mol. The molecule has 0 aliphatic carbocycles. The summed E-state index contributed by atoms with van der Waals surface area (Å²) in [5.74, 6) is 11.6. The van der Waals surface area contributed by atoms with Crippen molar-refractivity contribution in [2.45, 2.75) is 0 Å². The molecule has 0 amide bonds. The first-order valence-corrected chi connectivity index (χ1v) is 5.22. The molecule has 80 valence electrons. The van der Waals surface area contributed by atoms with Crippen molar-refractivity contribution >= 4 is 0 Å². The Balaban J connectivity index is 2.09. The van der Waals surface area contributed by atoms with E-state index in [0.29, 0.717) is 0 Å². The minimum absolute atomic E-state index is 0.925. The van der Waals surface area contributed by atoms with Crippen LogP contribution in [-0.2, 0) is 7.05 Å². The number of pyridine rings is 2. The summed E-state index contributed by atoms with van der Waals surface area (Å²) in [5.41, 5.74) is 1.89. The Labute approximate surface area is 101 Å². The van der Waals surface area contributed by atoms with Crippen molar-refractivity contribution in [3.8, 4) is 23.7 Å². The Morgan fingerprint density at radius 3 is 2.00 bits per heavy atom. The molecule has 0 bridgehead atoms. The van der Waals surface area contributed by atoms with Gasteiger partial charge >= 0.3 is 0 Å². The molecule has 2 rings (SSSR count). The second-order valence-corrected chi connectivity index (χ2v) is 3.49. The first-order chi connectivity index (χ1) is 8.34. The third-order valence-electron chi connectivity index (χ3n) is 2.13. The van der Waals surface area contributed by atoms with E-state index in [9.17, 15) is 0 Å². The number of rotatable bonds is 0. The number of aromatic nitrogens is 2. The van der Waals surface area contributed by atoms with Crippen LogP contribution in [0.15, 0.2) is 49.1 Å². The van der Waals surface area contributed by atoms with Gasteiger partial charge in [0.1, 0.15) is 7.05 Å². The summed E-state index contributed by atoms with van der Waals surface area (Å²) >= 11 is 0. The SMILES string of the molecule is C[n+]1ccc(C#CC#Cc2ccncc2)cc1. The van der Waals surface area contributed by atoms with Crippen LogP contribution in [0.25, 0.3) is 0 Å². The van der Waals surface area contributed by atoms with Gasteiger partial charge in [-0.05, 0) is 24.0 Å². The first-order valence-electron chi connectivity index (χ1n) is 5.22. The Morgan fingerprint density at radius 2 is 1.41 bits per heavy atom. The van der Waals surface area contributed by atoms with Gasteiger partial charge in [0.25, 0.3) is 0 Å². The summed E-state index contributed by atoms with van der Waals surface area (Å²) in [6.07, 6.45) is 7.35. The topological polar surface area (TPSA) is 16.8 Å². The summed E-state index contributed by atoms with van der Waals surface area (Å²) in [5, 5.41) is 0. The molecule has 0 radical (unpaired) electrons. The van der Waals surface area contributed by atoms with Gasteiger partial charge < -0.3 is 0 Å². The predicted molar refractivity (Wildman–Crippen MR) is 65.6 cm³/mol. The Hall–Kier alpha value is -2.58. The van der Waals surface area contributed by atoms with E-state index in [4.69, 9.17) is 0 Å². The molecule has 0 fully saturated rings. The average molecular weight is 219 g/mol. The van der Waals surface area contributed by atoms with Crippen LogP contribution in [0.1, 0.15) is 11.1 Å². The maximum atomic E-state index is 3.92.